The van der Waals surface area contributed by atoms with E-state index in [1.54, 1.807) is 6.07 Å². The summed E-state index contributed by atoms with van der Waals surface area (Å²) in [7, 11) is -1.41. The van der Waals surface area contributed by atoms with E-state index in [1.807, 2.05) is 18.2 Å². The van der Waals surface area contributed by atoms with E-state index in [4.69, 9.17) is 16.3 Å². The van der Waals surface area contributed by atoms with E-state index in [0.717, 1.165) is 54.7 Å². The summed E-state index contributed by atoms with van der Waals surface area (Å²) in [5.41, 5.74) is 4.10. The Hall–Kier alpha value is -2.05. The van der Waals surface area contributed by atoms with Gasteiger partial charge in [-0.05, 0) is 83.9 Å². The van der Waals surface area contributed by atoms with Crippen molar-refractivity contribution < 1.29 is 13.7 Å². The molecule has 7 heteroatoms. The van der Waals surface area contributed by atoms with Gasteiger partial charge in [-0.2, -0.15) is 0 Å². The molecule has 2 heterocycles. The first-order valence-corrected chi connectivity index (χ1v) is 16.9. The van der Waals surface area contributed by atoms with Gasteiger partial charge in [0.2, 0.25) is 0 Å². The van der Waals surface area contributed by atoms with Gasteiger partial charge in [0, 0.05) is 35.3 Å². The highest BCUT2D eigenvalue weighted by Gasteiger charge is 2.40. The zero-order valence-corrected chi connectivity index (χ0v) is 26.0. The molecule has 0 aromatic heterocycles. The molecule has 0 radical (unpaired) electrons. The number of amides is 1. The highest BCUT2D eigenvalue weighted by atomic mass is 35.5. The number of nitrogens with zero attached hydrogens (tertiary/aromatic N) is 1. The quantitative estimate of drug-likeness (QED) is 0.408. The number of halogens is 1. The van der Waals surface area contributed by atoms with Gasteiger partial charge >= 0.3 is 0 Å². The third-order valence-corrected chi connectivity index (χ3v) is 11.3. The molecule has 2 aromatic rings. The van der Waals surface area contributed by atoms with Gasteiger partial charge in [-0.25, -0.2) is 4.21 Å². The first-order chi connectivity index (χ1) is 19.2. The third kappa shape index (κ3) is 6.54. The van der Waals surface area contributed by atoms with Gasteiger partial charge in [-0.1, -0.05) is 71.0 Å². The number of hydrogen-bond acceptors (Lipinski definition) is 4. The van der Waals surface area contributed by atoms with Gasteiger partial charge in [0.1, 0.15) is 16.7 Å². The maximum Gasteiger partial charge on any atom is 0.263 e. The summed E-state index contributed by atoms with van der Waals surface area (Å²) in [5, 5.41) is 0.776. The molecule has 1 saturated carbocycles. The summed E-state index contributed by atoms with van der Waals surface area (Å²) in [6.45, 7) is 11.4. The molecule has 1 aliphatic carbocycles. The van der Waals surface area contributed by atoms with E-state index < -0.39 is 11.0 Å². The first kappa shape index (κ1) is 29.4. The standard InChI is InChI=1S/C33H45ClN2O3S/c1-5-7-24-15-28(34)11-12-29(24)27-17-36-18-30-22(3)14-25(30)9-6-8-21(2)23(4)20-40(38)35-33(37)26-10-13-32(39-19-27)31(36)16-26/h10-13,15-16,21-23,25,27,30H,5-9,14,17-20H2,1-4H3,(H,35,37)/t21?,22?,23-,25?,27?,30?,40?/m0/s1. The second kappa shape index (κ2) is 12.9. The molecule has 1 fully saturated rings. The molecule has 7 atom stereocenters. The molecule has 0 saturated heterocycles. The third-order valence-electron chi connectivity index (χ3n) is 9.78. The van der Waals surface area contributed by atoms with Crippen LogP contribution in [0.1, 0.15) is 87.2 Å². The van der Waals surface area contributed by atoms with E-state index in [9.17, 15) is 9.00 Å². The second-order valence-corrected chi connectivity index (χ2v) is 14.3. The van der Waals surface area contributed by atoms with Gasteiger partial charge in [-0.15, -0.1) is 0 Å². The van der Waals surface area contributed by atoms with Crippen molar-refractivity contribution in [2.24, 2.45) is 29.6 Å². The van der Waals surface area contributed by atoms with Crippen molar-refractivity contribution >= 4 is 34.2 Å². The van der Waals surface area contributed by atoms with E-state index >= 15 is 0 Å². The molecule has 2 aromatic carbocycles. The van der Waals surface area contributed by atoms with Crippen molar-refractivity contribution in [2.45, 2.75) is 72.1 Å². The Morgan fingerprint density at radius 1 is 1.05 bits per heavy atom. The van der Waals surface area contributed by atoms with Crippen molar-refractivity contribution in [3.8, 4) is 5.75 Å². The monoisotopic (exact) mass is 584 g/mol. The summed E-state index contributed by atoms with van der Waals surface area (Å²) in [4.78, 5) is 15.7. The zero-order valence-electron chi connectivity index (χ0n) is 24.5. The van der Waals surface area contributed by atoms with Gasteiger partial charge in [0.25, 0.3) is 5.91 Å². The van der Waals surface area contributed by atoms with E-state index in [1.165, 1.54) is 30.4 Å². The lowest BCUT2D eigenvalue weighted by Crippen LogP contribution is -2.45. The Balaban J connectivity index is 1.50. The van der Waals surface area contributed by atoms with Gasteiger partial charge in [0.05, 0.1) is 12.3 Å². The normalized spacial score (nSPS) is 31.3. The number of aryl methyl sites for hydroxylation is 1. The summed E-state index contributed by atoms with van der Waals surface area (Å²) < 4.78 is 22.1. The largest absolute Gasteiger partial charge is 0.491 e. The van der Waals surface area contributed by atoms with Crippen LogP contribution in [0.15, 0.2) is 36.4 Å². The van der Waals surface area contributed by atoms with Crippen LogP contribution in [0.25, 0.3) is 0 Å². The minimum atomic E-state index is -1.41. The van der Waals surface area contributed by atoms with Crippen molar-refractivity contribution in [3.05, 3.63) is 58.1 Å². The zero-order chi connectivity index (χ0) is 28.4. The number of carbonyl (C=O) groups is 1. The molecule has 5 nitrogen and oxygen atoms in total. The molecule has 0 spiro atoms. The fourth-order valence-corrected chi connectivity index (χ4v) is 8.47. The lowest BCUT2D eigenvalue weighted by molar-refractivity contribution is 0.0793. The predicted molar refractivity (Wildman–Crippen MR) is 166 cm³/mol. The maximum absolute atomic E-state index is 13.2. The lowest BCUT2D eigenvalue weighted by Gasteiger charge is -2.46. The van der Waals surface area contributed by atoms with Crippen molar-refractivity contribution in [2.75, 3.05) is 30.3 Å². The lowest BCUT2D eigenvalue weighted by atomic mass is 9.63. The van der Waals surface area contributed by atoms with E-state index in [-0.39, 0.29) is 11.8 Å². The molecule has 1 amide bonds. The first-order valence-electron chi connectivity index (χ1n) is 15.2. The summed E-state index contributed by atoms with van der Waals surface area (Å²) in [6, 6.07) is 12.0. The van der Waals surface area contributed by atoms with Crippen LogP contribution < -0.4 is 14.4 Å². The van der Waals surface area contributed by atoms with E-state index in [0.29, 0.717) is 41.6 Å². The van der Waals surface area contributed by atoms with Crippen molar-refractivity contribution in [1.82, 2.24) is 4.72 Å². The SMILES string of the molecule is CCCc1cc(Cl)ccc1C1COc2ccc3cc2N(C1)CC1C(C)CC1CCCC(C)[C@@H](C)CS(=O)NC3=O. The van der Waals surface area contributed by atoms with Crippen LogP contribution in [0.4, 0.5) is 5.69 Å². The Labute approximate surface area is 248 Å². The van der Waals surface area contributed by atoms with Crippen LogP contribution >= 0.6 is 11.6 Å². The highest BCUT2D eigenvalue weighted by molar-refractivity contribution is 7.83. The number of ether oxygens (including phenoxy) is 1. The predicted octanol–water partition coefficient (Wildman–Crippen LogP) is 7.40. The molecular formula is C33H45ClN2O3S. The van der Waals surface area contributed by atoms with Crippen molar-refractivity contribution in [1.29, 1.82) is 0 Å². The van der Waals surface area contributed by atoms with Crippen molar-refractivity contribution in [3.63, 3.8) is 0 Å². The molecule has 1 N–H and O–H groups in total. The molecule has 5 rings (SSSR count). The van der Waals surface area contributed by atoms with Crippen LogP contribution in [0.2, 0.25) is 5.02 Å². The molecule has 40 heavy (non-hydrogen) atoms. The smallest absolute Gasteiger partial charge is 0.263 e. The Morgan fingerprint density at radius 3 is 2.65 bits per heavy atom. The second-order valence-electron chi connectivity index (χ2n) is 12.7. The topological polar surface area (TPSA) is 58.6 Å². The Bertz CT molecular complexity index is 1240. The number of fused-ring (bicyclic) bond motifs is 2. The molecule has 218 valence electrons. The van der Waals surface area contributed by atoms with Crippen LogP contribution in [0.5, 0.6) is 5.75 Å². The Morgan fingerprint density at radius 2 is 1.88 bits per heavy atom. The molecule has 6 unspecified atom stereocenters. The fourth-order valence-electron chi connectivity index (χ4n) is 7.06. The van der Waals surface area contributed by atoms with Crippen LogP contribution in [-0.2, 0) is 17.4 Å². The highest BCUT2D eigenvalue weighted by Crippen LogP contribution is 2.46. The average Bonchev–Trinajstić information content (AvgIpc) is 3.10. The minimum absolute atomic E-state index is 0.192. The molecular weight excluding hydrogens is 540 g/mol. The number of rotatable bonds is 3. The molecule has 2 aliphatic heterocycles. The van der Waals surface area contributed by atoms with E-state index in [2.05, 4.69) is 49.4 Å². The summed E-state index contributed by atoms with van der Waals surface area (Å²) in [5.74, 6) is 4.02. The number of nitrogens with one attached hydrogen (secondary N) is 1. The average molecular weight is 585 g/mol. The molecule has 2 bridgehead atoms. The number of benzene rings is 2. The number of carbonyl (C=O) groups excluding carboxylic acids is 1. The maximum atomic E-state index is 13.2. The summed E-state index contributed by atoms with van der Waals surface area (Å²) >= 11 is 6.41. The number of hydrogen-bond donors (Lipinski definition) is 1. The van der Waals surface area contributed by atoms with Crippen LogP contribution in [0.3, 0.4) is 0 Å². The van der Waals surface area contributed by atoms with Crippen LogP contribution in [-0.4, -0.2) is 35.6 Å². The Kier molecular flexibility index (Phi) is 9.46. The summed E-state index contributed by atoms with van der Waals surface area (Å²) in [6.07, 6.45) is 6.94. The number of anilines is 1. The van der Waals surface area contributed by atoms with Gasteiger partial charge in [0.15, 0.2) is 0 Å². The fraction of sp³-hybridized carbons (Fsp3) is 0.606. The van der Waals surface area contributed by atoms with Gasteiger partial charge in [-0.3, -0.25) is 9.52 Å². The van der Waals surface area contributed by atoms with Crippen LogP contribution in [0, 0.1) is 29.6 Å². The van der Waals surface area contributed by atoms with Gasteiger partial charge < -0.3 is 9.64 Å². The molecule has 3 aliphatic rings. The minimum Gasteiger partial charge on any atom is -0.491 e.